The second kappa shape index (κ2) is 5.51. The van der Waals surface area contributed by atoms with Gasteiger partial charge in [-0.05, 0) is 29.8 Å². The molecule has 0 N–H and O–H groups in total. The van der Waals surface area contributed by atoms with Gasteiger partial charge in [0, 0.05) is 12.0 Å². The Morgan fingerprint density at radius 2 is 1.83 bits per heavy atom. The van der Waals surface area contributed by atoms with Gasteiger partial charge in [-0.1, -0.05) is 41.4 Å². The number of ketones is 1. The van der Waals surface area contributed by atoms with Gasteiger partial charge >= 0.3 is 0 Å². The normalized spacial score (nSPS) is 10.4. The molecule has 0 atom stereocenters. The van der Waals surface area contributed by atoms with Gasteiger partial charge in [0.05, 0.1) is 10.0 Å². The monoisotopic (exact) mass is 282 g/mol. The van der Waals surface area contributed by atoms with Crippen molar-refractivity contribution >= 4 is 29.0 Å². The second-order valence-electron chi connectivity index (χ2n) is 3.83. The van der Waals surface area contributed by atoms with Crippen molar-refractivity contribution in [1.82, 2.24) is 0 Å². The summed E-state index contributed by atoms with van der Waals surface area (Å²) in [4.78, 5) is 12.0. The summed E-state index contributed by atoms with van der Waals surface area (Å²) in [6.07, 6.45) is 0.0951. The fraction of sp³-hybridized carbons (Fsp3) is 0.0714. The maximum atomic E-state index is 13.0. The second-order valence-corrected chi connectivity index (χ2v) is 4.62. The quantitative estimate of drug-likeness (QED) is 0.755. The number of hydrogen-bond acceptors (Lipinski definition) is 1. The Balaban J connectivity index is 2.25. The van der Waals surface area contributed by atoms with Crippen LogP contribution in [0.1, 0.15) is 15.9 Å². The van der Waals surface area contributed by atoms with Crippen molar-refractivity contribution in [3.63, 3.8) is 0 Å². The van der Waals surface area contributed by atoms with Crippen molar-refractivity contribution in [1.29, 1.82) is 0 Å². The molecule has 0 spiro atoms. The minimum Gasteiger partial charge on any atom is -0.294 e. The van der Waals surface area contributed by atoms with Crippen LogP contribution < -0.4 is 0 Å². The average Bonchev–Trinajstić information content (AvgIpc) is 2.32. The summed E-state index contributed by atoms with van der Waals surface area (Å²) in [5, 5.41) is 0.572. The summed E-state index contributed by atoms with van der Waals surface area (Å²) in [5.74, 6) is -0.550. The first-order valence-electron chi connectivity index (χ1n) is 5.29. The van der Waals surface area contributed by atoms with Gasteiger partial charge in [-0.25, -0.2) is 4.39 Å². The van der Waals surface area contributed by atoms with E-state index in [4.69, 9.17) is 23.2 Å². The smallest absolute Gasteiger partial charge is 0.168 e. The highest BCUT2D eigenvalue weighted by atomic mass is 35.5. The average molecular weight is 283 g/mol. The number of carbonyl (C=O) groups excluding carboxylic acids is 1. The zero-order valence-electron chi connectivity index (χ0n) is 9.29. The van der Waals surface area contributed by atoms with Gasteiger partial charge in [0.1, 0.15) is 5.82 Å². The van der Waals surface area contributed by atoms with E-state index in [0.717, 1.165) is 0 Å². The third-order valence-corrected chi connectivity index (χ3v) is 3.32. The number of Topliss-reactive ketones (excluding diaryl/α,β-unsaturated/α-hetero) is 1. The summed E-state index contributed by atoms with van der Waals surface area (Å²) >= 11 is 11.8. The molecule has 0 bridgehead atoms. The largest absolute Gasteiger partial charge is 0.294 e. The molecule has 0 fully saturated rings. The van der Waals surface area contributed by atoms with Crippen molar-refractivity contribution in [3.05, 3.63) is 69.5 Å². The van der Waals surface area contributed by atoms with E-state index in [0.29, 0.717) is 16.1 Å². The van der Waals surface area contributed by atoms with Gasteiger partial charge in [-0.3, -0.25) is 4.79 Å². The molecule has 2 aromatic carbocycles. The Bertz CT molecular complexity index is 596. The van der Waals surface area contributed by atoms with E-state index in [1.165, 1.54) is 12.1 Å². The number of halogens is 3. The fourth-order valence-electron chi connectivity index (χ4n) is 1.65. The van der Waals surface area contributed by atoms with Gasteiger partial charge in [0.15, 0.2) is 5.78 Å². The molecule has 18 heavy (non-hydrogen) atoms. The third kappa shape index (κ3) is 2.89. The lowest BCUT2D eigenvalue weighted by molar-refractivity contribution is 0.0993. The van der Waals surface area contributed by atoms with Crippen LogP contribution in [0.5, 0.6) is 0 Å². The Labute approximate surface area is 114 Å². The van der Waals surface area contributed by atoms with Crippen molar-refractivity contribution < 1.29 is 9.18 Å². The zero-order chi connectivity index (χ0) is 13.1. The van der Waals surface area contributed by atoms with E-state index in [9.17, 15) is 9.18 Å². The molecule has 4 heteroatoms. The van der Waals surface area contributed by atoms with Crippen molar-refractivity contribution in [2.24, 2.45) is 0 Å². The minimum atomic E-state index is -0.363. The standard InChI is InChI=1S/C14H9Cl2FO/c15-12-6-2-5-11(14(12)16)13(18)8-9-3-1-4-10(17)7-9/h1-7H,8H2. The first kappa shape index (κ1) is 13.1. The van der Waals surface area contributed by atoms with Gasteiger partial charge in [-0.15, -0.1) is 0 Å². The first-order valence-corrected chi connectivity index (χ1v) is 6.05. The van der Waals surface area contributed by atoms with Gasteiger partial charge in [0.25, 0.3) is 0 Å². The highest BCUT2D eigenvalue weighted by Gasteiger charge is 2.13. The summed E-state index contributed by atoms with van der Waals surface area (Å²) in [6.45, 7) is 0. The molecule has 1 nitrogen and oxygen atoms in total. The van der Waals surface area contributed by atoms with Crippen LogP contribution in [0.3, 0.4) is 0 Å². The molecule has 0 unspecified atom stereocenters. The Morgan fingerprint density at radius 1 is 1.11 bits per heavy atom. The van der Waals surface area contributed by atoms with E-state index < -0.39 is 0 Å². The van der Waals surface area contributed by atoms with Gasteiger partial charge < -0.3 is 0 Å². The predicted molar refractivity (Wildman–Crippen MR) is 70.9 cm³/mol. The lowest BCUT2D eigenvalue weighted by Crippen LogP contribution is -2.04. The third-order valence-electron chi connectivity index (χ3n) is 2.51. The van der Waals surface area contributed by atoms with Crippen LogP contribution in [0.15, 0.2) is 42.5 Å². The fourth-order valence-corrected chi connectivity index (χ4v) is 2.05. The maximum absolute atomic E-state index is 13.0. The lowest BCUT2D eigenvalue weighted by atomic mass is 10.0. The molecule has 2 rings (SSSR count). The molecule has 0 saturated heterocycles. The number of benzene rings is 2. The molecule has 92 valence electrons. The number of hydrogen-bond donors (Lipinski definition) is 0. The molecule has 0 aliphatic carbocycles. The van der Waals surface area contributed by atoms with Crippen LogP contribution in [-0.2, 0) is 6.42 Å². The predicted octanol–water partition coefficient (Wildman–Crippen LogP) is 4.56. The van der Waals surface area contributed by atoms with Crippen molar-refractivity contribution in [3.8, 4) is 0 Å². The van der Waals surface area contributed by atoms with E-state index in [1.54, 1.807) is 30.3 Å². The Kier molecular flexibility index (Phi) is 4.00. The molecule has 0 amide bonds. The molecule has 0 radical (unpaired) electrons. The highest BCUT2D eigenvalue weighted by Crippen LogP contribution is 2.26. The van der Waals surface area contributed by atoms with Crippen LogP contribution in [0.2, 0.25) is 10.0 Å². The SMILES string of the molecule is O=C(Cc1cccc(F)c1)c1cccc(Cl)c1Cl. The van der Waals surface area contributed by atoms with Crippen LogP contribution >= 0.6 is 23.2 Å². The maximum Gasteiger partial charge on any atom is 0.168 e. The number of carbonyl (C=O) groups is 1. The summed E-state index contributed by atoms with van der Waals surface area (Å²) < 4.78 is 13.0. The Hall–Kier alpha value is -1.38. The summed E-state index contributed by atoms with van der Waals surface area (Å²) in [5.41, 5.74) is 0.962. The molecule has 0 heterocycles. The van der Waals surface area contributed by atoms with E-state index in [2.05, 4.69) is 0 Å². The van der Waals surface area contributed by atoms with E-state index in [-0.39, 0.29) is 23.0 Å². The van der Waals surface area contributed by atoms with Crippen LogP contribution in [0.4, 0.5) is 4.39 Å². The topological polar surface area (TPSA) is 17.1 Å². The molecule has 0 saturated carbocycles. The van der Waals surface area contributed by atoms with Crippen LogP contribution in [0.25, 0.3) is 0 Å². The van der Waals surface area contributed by atoms with Crippen molar-refractivity contribution in [2.75, 3.05) is 0 Å². The molecule has 0 aliphatic heterocycles. The number of rotatable bonds is 3. The van der Waals surface area contributed by atoms with E-state index >= 15 is 0 Å². The van der Waals surface area contributed by atoms with Crippen molar-refractivity contribution in [2.45, 2.75) is 6.42 Å². The first-order chi connectivity index (χ1) is 8.58. The highest BCUT2D eigenvalue weighted by molar-refractivity contribution is 6.43. The van der Waals surface area contributed by atoms with Gasteiger partial charge in [-0.2, -0.15) is 0 Å². The summed E-state index contributed by atoms with van der Waals surface area (Å²) in [7, 11) is 0. The minimum absolute atomic E-state index is 0.0951. The molecular weight excluding hydrogens is 274 g/mol. The Morgan fingerprint density at radius 3 is 2.56 bits per heavy atom. The van der Waals surface area contributed by atoms with Crippen LogP contribution in [0, 0.1) is 5.82 Å². The van der Waals surface area contributed by atoms with Crippen LogP contribution in [-0.4, -0.2) is 5.78 Å². The van der Waals surface area contributed by atoms with Gasteiger partial charge in [0.2, 0.25) is 0 Å². The zero-order valence-corrected chi connectivity index (χ0v) is 10.8. The molecule has 0 aromatic heterocycles. The molecule has 0 aliphatic rings. The molecule has 2 aromatic rings. The lowest BCUT2D eigenvalue weighted by Gasteiger charge is -2.05. The summed E-state index contributed by atoms with van der Waals surface area (Å²) in [6, 6.07) is 10.8. The van der Waals surface area contributed by atoms with E-state index in [1.807, 2.05) is 0 Å². The molecular formula is C14H9Cl2FO.